The van der Waals surface area contributed by atoms with Crippen molar-refractivity contribution >= 4 is 23.8 Å². The quantitative estimate of drug-likeness (QED) is 0.133. The highest BCUT2D eigenvalue weighted by atomic mass is 16.6. The highest BCUT2D eigenvalue weighted by molar-refractivity contribution is 5.76. The fourth-order valence-electron chi connectivity index (χ4n) is 4.10. The highest BCUT2D eigenvalue weighted by Gasteiger charge is 2.24. The Labute approximate surface area is 235 Å². The van der Waals surface area contributed by atoms with Gasteiger partial charge < -0.3 is 24.9 Å². The highest BCUT2D eigenvalue weighted by Crippen LogP contribution is 2.14. The van der Waals surface area contributed by atoms with Crippen LogP contribution in [0.5, 0.6) is 0 Å². The fraction of sp³-hybridized carbons (Fsp3) is 0.731. The smallest absolute Gasteiger partial charge is 0.435 e. The minimum atomic E-state index is -0.636. The van der Waals surface area contributed by atoms with Crippen molar-refractivity contribution in [2.45, 2.75) is 59.3 Å². The Bertz CT molecular complexity index is 1050. The number of nitro groups is 1. The molecule has 1 N–H and O–H groups in total. The number of ether oxygens (including phenoxy) is 2. The average Bonchev–Trinajstić information content (AvgIpc) is 3.30. The summed E-state index contributed by atoms with van der Waals surface area (Å²) in [4.78, 5) is 56.8. The normalized spacial score (nSPS) is 16.2. The van der Waals surface area contributed by atoms with Crippen molar-refractivity contribution in [3.8, 4) is 0 Å². The number of rotatable bonds is 11. The molecule has 14 heteroatoms. The Hall–Kier alpha value is -3.32. The van der Waals surface area contributed by atoms with Crippen LogP contribution in [0.3, 0.4) is 0 Å². The molecule has 1 fully saturated rings. The summed E-state index contributed by atoms with van der Waals surface area (Å²) in [6.45, 7) is 15.9. The van der Waals surface area contributed by atoms with Crippen molar-refractivity contribution < 1.29 is 28.8 Å². The Balaban J connectivity index is 2.02. The molecule has 1 aliphatic rings. The van der Waals surface area contributed by atoms with Gasteiger partial charge in [-0.25, -0.2) is 9.36 Å². The summed E-state index contributed by atoms with van der Waals surface area (Å²) in [6, 6.07) is 0. The maximum atomic E-state index is 12.5. The molecule has 14 nitrogen and oxygen atoms in total. The topological polar surface area (TPSA) is 152 Å². The molecule has 2 heterocycles. The van der Waals surface area contributed by atoms with Gasteiger partial charge in [-0.15, -0.1) is 0 Å². The predicted octanol–water partition coefficient (Wildman–Crippen LogP) is 0.699. The molecule has 0 aliphatic carbocycles. The van der Waals surface area contributed by atoms with Crippen LogP contribution in [0.1, 0.15) is 41.5 Å². The van der Waals surface area contributed by atoms with Crippen LogP contribution in [0.15, 0.2) is 18.2 Å². The van der Waals surface area contributed by atoms with Crippen molar-refractivity contribution in [3.05, 3.63) is 28.3 Å². The van der Waals surface area contributed by atoms with Crippen LogP contribution < -0.4 is 5.32 Å². The van der Waals surface area contributed by atoms with Gasteiger partial charge in [-0.05, 0) is 46.5 Å². The van der Waals surface area contributed by atoms with E-state index in [1.54, 1.807) is 0 Å². The van der Waals surface area contributed by atoms with Gasteiger partial charge in [0.15, 0.2) is 18.2 Å². The number of nitrogens with one attached hydrogen (secondary N) is 1. The van der Waals surface area contributed by atoms with E-state index in [1.807, 2.05) is 52.4 Å². The van der Waals surface area contributed by atoms with E-state index < -0.39 is 16.1 Å². The van der Waals surface area contributed by atoms with E-state index >= 15 is 0 Å². The number of carbonyl (C=O) groups is 2. The van der Waals surface area contributed by atoms with Crippen LogP contribution >= 0.6 is 0 Å². The first-order valence-electron chi connectivity index (χ1n) is 13.4. The van der Waals surface area contributed by atoms with Crippen LogP contribution in [0.25, 0.3) is 0 Å². The number of amides is 1. The summed E-state index contributed by atoms with van der Waals surface area (Å²) in [5.74, 6) is 1.08. The molecule has 0 unspecified atom stereocenters. The largest absolute Gasteiger partial charge is 0.480 e. The Morgan fingerprint density at radius 3 is 2.02 bits per heavy atom. The van der Waals surface area contributed by atoms with Gasteiger partial charge in [0.05, 0.1) is 13.1 Å². The van der Waals surface area contributed by atoms with E-state index in [4.69, 9.17) is 9.47 Å². The Morgan fingerprint density at radius 1 is 0.950 bits per heavy atom. The molecule has 2 rings (SSSR count). The minimum Gasteiger partial charge on any atom is -0.480 e. The third-order valence-corrected chi connectivity index (χ3v) is 5.80. The molecular formula is C26H43N7O7. The van der Waals surface area contributed by atoms with E-state index in [0.717, 1.165) is 0 Å². The van der Waals surface area contributed by atoms with Gasteiger partial charge in [0.1, 0.15) is 23.6 Å². The first kappa shape index (κ1) is 32.9. The second kappa shape index (κ2) is 14.9. The molecule has 0 spiro atoms. The summed E-state index contributed by atoms with van der Waals surface area (Å²) in [5.41, 5.74) is -1.12. The van der Waals surface area contributed by atoms with Gasteiger partial charge in [0, 0.05) is 52.4 Å². The molecule has 224 valence electrons. The van der Waals surface area contributed by atoms with Crippen molar-refractivity contribution in [3.63, 3.8) is 0 Å². The molecule has 0 aromatic carbocycles. The Morgan fingerprint density at radius 2 is 1.50 bits per heavy atom. The van der Waals surface area contributed by atoms with Crippen LogP contribution in [0.2, 0.25) is 0 Å². The molecule has 0 atom stereocenters. The molecule has 0 bridgehead atoms. The molecule has 1 amide bonds. The molecule has 1 aromatic rings. The number of esters is 1. The zero-order chi connectivity index (χ0) is 29.9. The fourth-order valence-corrected chi connectivity index (χ4v) is 4.10. The number of carbonyl (C=O) groups excluding carboxylic acids is 3. The maximum Gasteiger partial charge on any atom is 0.435 e. The van der Waals surface area contributed by atoms with E-state index in [0.29, 0.717) is 52.4 Å². The molecular weight excluding hydrogens is 522 g/mol. The number of hydrogen-bond acceptors (Lipinski definition) is 11. The lowest BCUT2D eigenvalue weighted by atomic mass is 10.2. The second-order valence-electron chi connectivity index (χ2n) is 11.7. The maximum absolute atomic E-state index is 12.5. The van der Waals surface area contributed by atoms with Crippen LogP contribution in [-0.4, -0.2) is 124 Å². The number of hydrogen-bond donors (Lipinski definition) is 1. The molecule has 0 radical (unpaired) electrons. The lowest BCUT2D eigenvalue weighted by molar-refractivity contribution is -0.396. The van der Waals surface area contributed by atoms with Crippen LogP contribution in [0.4, 0.5) is 5.95 Å². The van der Waals surface area contributed by atoms with Crippen molar-refractivity contribution in [1.82, 2.24) is 29.6 Å². The SMILES string of the molecule is CC(C)(C)OC(=O)CN1CCN(CCNC(=O)Cn2ccnc2[N+](=O)[O-])CCN(CC(=C=O)OC(C)(C)C)CC1. The molecule has 1 saturated heterocycles. The first-order valence-corrected chi connectivity index (χ1v) is 13.4. The lowest BCUT2D eigenvalue weighted by Crippen LogP contribution is -2.42. The monoisotopic (exact) mass is 565 g/mol. The van der Waals surface area contributed by atoms with E-state index in [2.05, 4.69) is 20.1 Å². The lowest BCUT2D eigenvalue weighted by Gasteiger charge is -2.28. The second-order valence-corrected chi connectivity index (χ2v) is 11.7. The molecule has 1 aliphatic heterocycles. The summed E-state index contributed by atoms with van der Waals surface area (Å²) >= 11 is 0. The third kappa shape index (κ3) is 12.7. The van der Waals surface area contributed by atoms with E-state index in [-0.39, 0.29) is 43.2 Å². The molecule has 1 aromatic heterocycles. The average molecular weight is 566 g/mol. The first-order chi connectivity index (χ1) is 18.6. The summed E-state index contributed by atoms with van der Waals surface area (Å²) in [5, 5.41) is 13.8. The van der Waals surface area contributed by atoms with Gasteiger partial charge in [-0.2, -0.15) is 0 Å². The van der Waals surface area contributed by atoms with Gasteiger partial charge in [0.25, 0.3) is 5.91 Å². The predicted molar refractivity (Wildman–Crippen MR) is 147 cm³/mol. The zero-order valence-electron chi connectivity index (χ0n) is 24.5. The minimum absolute atomic E-state index is 0.133. The molecule has 0 saturated carbocycles. The van der Waals surface area contributed by atoms with Gasteiger partial charge >= 0.3 is 11.9 Å². The summed E-state index contributed by atoms with van der Waals surface area (Å²) in [7, 11) is 0. The number of imidazole rings is 1. The number of nitrogens with zero attached hydrogens (tertiary/aromatic N) is 6. The summed E-state index contributed by atoms with van der Waals surface area (Å²) < 4.78 is 12.5. The summed E-state index contributed by atoms with van der Waals surface area (Å²) in [6.07, 6.45) is 2.67. The molecule has 40 heavy (non-hydrogen) atoms. The van der Waals surface area contributed by atoms with Crippen LogP contribution in [0, 0.1) is 10.1 Å². The van der Waals surface area contributed by atoms with Gasteiger partial charge in [-0.1, -0.05) is 4.98 Å². The van der Waals surface area contributed by atoms with Gasteiger partial charge in [0.2, 0.25) is 0 Å². The van der Waals surface area contributed by atoms with Crippen LogP contribution in [-0.2, 0) is 30.4 Å². The zero-order valence-corrected chi connectivity index (χ0v) is 24.5. The number of aromatic nitrogens is 2. The van der Waals surface area contributed by atoms with Crippen molar-refractivity contribution in [2.75, 3.05) is 65.4 Å². The third-order valence-electron chi connectivity index (χ3n) is 5.80. The Kier molecular flexibility index (Phi) is 12.2. The van der Waals surface area contributed by atoms with Crippen molar-refractivity contribution in [1.29, 1.82) is 0 Å². The standard InChI is InChI=1S/C26H43N7O7/c1-25(2,3)39-21(20-34)17-30-13-11-29(12-14-31(16-15-30)19-23(36)40-26(4,5)6)9-7-27-22(35)18-32-10-8-28-24(32)33(37)38/h8,10H,7,9,11-19H2,1-6H3,(H,27,35). The van der Waals surface area contributed by atoms with E-state index in [1.165, 1.54) is 17.0 Å². The van der Waals surface area contributed by atoms with Gasteiger partial charge in [-0.3, -0.25) is 24.3 Å². The van der Waals surface area contributed by atoms with E-state index in [9.17, 15) is 24.5 Å². The van der Waals surface area contributed by atoms with Crippen molar-refractivity contribution in [2.24, 2.45) is 0 Å².